The molecule has 0 saturated carbocycles. The number of carbonyl (C=O) groups is 3. The molecule has 4 rings (SSSR count). The monoisotopic (exact) mass is 566 g/mol. The number of carbonyl (C=O) groups excluding carboxylic acids is 3. The normalized spacial score (nSPS) is 16.2. The van der Waals surface area contributed by atoms with E-state index in [0.717, 1.165) is 17.8 Å². The van der Waals surface area contributed by atoms with E-state index in [0.29, 0.717) is 46.2 Å². The molecule has 1 unspecified atom stereocenters. The molecule has 10 nitrogen and oxygen atoms in total. The zero-order valence-corrected chi connectivity index (χ0v) is 23.9. The number of benzene rings is 2. The standard InChI is InChI=1S/C29H30N2O8S/c1-7-12-39-18-9-10-19(15(2)13-18)24(32)22-23(17-8-11-20(36-4)21(14-17)37-5)31(27(34)25(22)33)29-30-16(3)26(40-29)28(35)38-6/h8-11,13-14,23,32H,7,12H2,1-6H3. The Morgan fingerprint density at radius 3 is 2.40 bits per heavy atom. The van der Waals surface area contributed by atoms with E-state index in [4.69, 9.17) is 18.9 Å². The number of rotatable bonds is 9. The van der Waals surface area contributed by atoms with Crippen LogP contribution >= 0.6 is 11.3 Å². The fraction of sp³-hybridized carbons (Fsp3) is 0.310. The van der Waals surface area contributed by atoms with Gasteiger partial charge in [-0.1, -0.05) is 24.3 Å². The lowest BCUT2D eigenvalue weighted by molar-refractivity contribution is -0.132. The van der Waals surface area contributed by atoms with Gasteiger partial charge in [0.05, 0.1) is 45.2 Å². The number of ketones is 1. The van der Waals surface area contributed by atoms with Gasteiger partial charge >= 0.3 is 11.9 Å². The molecule has 1 atom stereocenters. The number of nitrogens with zero attached hydrogens (tertiary/aromatic N) is 2. The topological polar surface area (TPSA) is 124 Å². The number of hydrogen-bond acceptors (Lipinski definition) is 10. The van der Waals surface area contributed by atoms with E-state index in [1.54, 1.807) is 50.2 Å². The number of aliphatic hydroxyl groups excluding tert-OH is 1. The average Bonchev–Trinajstić information content (AvgIpc) is 3.46. The Kier molecular flexibility index (Phi) is 8.43. The summed E-state index contributed by atoms with van der Waals surface area (Å²) in [5, 5.41) is 11.7. The molecule has 0 aliphatic carbocycles. The molecule has 1 amide bonds. The second-order valence-corrected chi connectivity index (χ2v) is 9.99. The highest BCUT2D eigenvalue weighted by molar-refractivity contribution is 7.17. The number of methoxy groups -OCH3 is 3. The number of Topliss-reactive ketones (excluding diaryl/α,β-unsaturated/α-hetero) is 1. The van der Waals surface area contributed by atoms with E-state index in [1.165, 1.54) is 26.2 Å². The van der Waals surface area contributed by atoms with Crippen LogP contribution in [0.2, 0.25) is 0 Å². The summed E-state index contributed by atoms with van der Waals surface area (Å²) in [4.78, 5) is 45.2. The minimum atomic E-state index is -1.08. The maximum atomic E-state index is 13.6. The highest BCUT2D eigenvalue weighted by Crippen LogP contribution is 2.46. The molecule has 1 aliphatic heterocycles. The number of aromatic nitrogens is 1. The van der Waals surface area contributed by atoms with Gasteiger partial charge in [-0.2, -0.15) is 0 Å². The molecule has 0 radical (unpaired) electrons. The third-order valence-corrected chi connectivity index (χ3v) is 7.59. The molecule has 1 fully saturated rings. The molecule has 1 aromatic heterocycles. The molecule has 0 spiro atoms. The average molecular weight is 567 g/mol. The number of anilines is 1. The lowest BCUT2D eigenvalue weighted by Gasteiger charge is -2.24. The van der Waals surface area contributed by atoms with Crippen molar-refractivity contribution >= 4 is 39.9 Å². The summed E-state index contributed by atoms with van der Waals surface area (Å²) in [5.74, 6) is -1.31. The summed E-state index contributed by atoms with van der Waals surface area (Å²) in [6.45, 7) is 5.93. The van der Waals surface area contributed by atoms with Crippen LogP contribution in [-0.2, 0) is 14.3 Å². The number of aliphatic hydroxyl groups is 1. The smallest absolute Gasteiger partial charge is 0.350 e. The molecule has 2 aromatic carbocycles. The Morgan fingerprint density at radius 2 is 1.77 bits per heavy atom. The third kappa shape index (κ3) is 5.12. The number of thiazole rings is 1. The first kappa shape index (κ1) is 28.6. The third-order valence-electron chi connectivity index (χ3n) is 6.46. The lowest BCUT2D eigenvalue weighted by atomic mass is 9.93. The quantitative estimate of drug-likeness (QED) is 0.165. The van der Waals surface area contributed by atoms with Gasteiger partial charge in [-0.3, -0.25) is 14.5 Å². The van der Waals surface area contributed by atoms with Crippen molar-refractivity contribution in [2.75, 3.05) is 32.8 Å². The van der Waals surface area contributed by atoms with Crippen molar-refractivity contribution in [3.8, 4) is 17.2 Å². The van der Waals surface area contributed by atoms with Crippen LogP contribution in [0.3, 0.4) is 0 Å². The van der Waals surface area contributed by atoms with Gasteiger partial charge in [0.2, 0.25) is 0 Å². The fourth-order valence-corrected chi connectivity index (χ4v) is 5.50. The van der Waals surface area contributed by atoms with Crippen LogP contribution in [0, 0.1) is 13.8 Å². The largest absolute Gasteiger partial charge is 0.507 e. The first-order chi connectivity index (χ1) is 19.2. The summed E-state index contributed by atoms with van der Waals surface area (Å²) < 4.78 is 21.4. The van der Waals surface area contributed by atoms with Gasteiger partial charge in [0, 0.05) is 5.56 Å². The lowest BCUT2D eigenvalue weighted by Crippen LogP contribution is -2.29. The fourth-order valence-electron chi connectivity index (χ4n) is 4.49. The molecule has 1 N–H and O–H groups in total. The number of hydrogen-bond donors (Lipinski definition) is 1. The van der Waals surface area contributed by atoms with Gasteiger partial charge in [0.25, 0.3) is 5.78 Å². The van der Waals surface area contributed by atoms with Gasteiger partial charge in [-0.05, 0) is 61.7 Å². The summed E-state index contributed by atoms with van der Waals surface area (Å²) in [6.07, 6.45) is 0.837. The second-order valence-electron chi connectivity index (χ2n) is 9.01. The van der Waals surface area contributed by atoms with Crippen molar-refractivity contribution in [2.45, 2.75) is 33.2 Å². The van der Waals surface area contributed by atoms with E-state index < -0.39 is 23.7 Å². The van der Waals surface area contributed by atoms with Crippen LogP contribution in [0.1, 0.15) is 51.4 Å². The van der Waals surface area contributed by atoms with Crippen LogP contribution < -0.4 is 19.1 Å². The molecule has 1 aliphatic rings. The van der Waals surface area contributed by atoms with Gasteiger partial charge in [0.15, 0.2) is 16.6 Å². The predicted molar refractivity (Wildman–Crippen MR) is 149 cm³/mol. The van der Waals surface area contributed by atoms with Gasteiger partial charge in [-0.15, -0.1) is 0 Å². The highest BCUT2D eigenvalue weighted by Gasteiger charge is 2.48. The molecular formula is C29H30N2O8S. The Bertz CT molecular complexity index is 1510. The highest BCUT2D eigenvalue weighted by atomic mass is 32.1. The molecule has 0 bridgehead atoms. The van der Waals surface area contributed by atoms with E-state index in [2.05, 4.69) is 4.98 Å². The van der Waals surface area contributed by atoms with Crippen molar-refractivity contribution < 1.29 is 38.4 Å². The molecule has 3 aromatic rings. The molecule has 11 heteroatoms. The maximum Gasteiger partial charge on any atom is 0.350 e. The Hall–Kier alpha value is -4.38. The van der Waals surface area contributed by atoms with Gasteiger partial charge in [0.1, 0.15) is 16.4 Å². The van der Waals surface area contributed by atoms with Crippen molar-refractivity contribution in [3.63, 3.8) is 0 Å². The van der Waals surface area contributed by atoms with Crippen LogP contribution in [0.4, 0.5) is 5.13 Å². The molecule has 2 heterocycles. The van der Waals surface area contributed by atoms with E-state index >= 15 is 0 Å². The van der Waals surface area contributed by atoms with Gasteiger partial charge in [-0.25, -0.2) is 9.78 Å². The predicted octanol–water partition coefficient (Wildman–Crippen LogP) is 4.98. The van der Waals surface area contributed by atoms with E-state index in [-0.39, 0.29) is 21.3 Å². The Labute approximate surface area is 235 Å². The van der Waals surface area contributed by atoms with Crippen molar-refractivity contribution in [1.29, 1.82) is 0 Å². The summed E-state index contributed by atoms with van der Waals surface area (Å²) in [5.41, 5.74) is 1.71. The summed E-state index contributed by atoms with van der Waals surface area (Å²) in [7, 11) is 4.21. The summed E-state index contributed by atoms with van der Waals surface area (Å²) in [6, 6.07) is 8.99. The van der Waals surface area contributed by atoms with E-state index in [1.807, 2.05) is 6.92 Å². The first-order valence-corrected chi connectivity index (χ1v) is 13.3. The molecule has 210 valence electrons. The molecule has 40 heavy (non-hydrogen) atoms. The number of amides is 1. The van der Waals surface area contributed by atoms with Crippen LogP contribution in [0.25, 0.3) is 5.76 Å². The maximum absolute atomic E-state index is 13.6. The number of ether oxygens (including phenoxy) is 4. The molecule has 1 saturated heterocycles. The Balaban J connectivity index is 1.94. The summed E-state index contributed by atoms with van der Waals surface area (Å²) >= 11 is 0.924. The van der Waals surface area contributed by atoms with E-state index in [9.17, 15) is 19.5 Å². The number of esters is 1. The van der Waals surface area contributed by atoms with Crippen molar-refractivity contribution in [3.05, 3.63) is 69.2 Å². The van der Waals surface area contributed by atoms with Crippen molar-refractivity contribution in [2.24, 2.45) is 0 Å². The first-order valence-electron chi connectivity index (χ1n) is 12.5. The zero-order chi connectivity index (χ0) is 29.1. The molecular weight excluding hydrogens is 536 g/mol. The van der Waals surface area contributed by atoms with Crippen molar-refractivity contribution in [1.82, 2.24) is 4.98 Å². The Morgan fingerprint density at radius 1 is 1.05 bits per heavy atom. The van der Waals surface area contributed by atoms with Crippen LogP contribution in [0.5, 0.6) is 17.2 Å². The number of aryl methyl sites for hydroxylation is 2. The SMILES string of the molecule is CCCOc1ccc(C(O)=C2C(=O)C(=O)N(c3nc(C)c(C(=O)OC)s3)C2c2ccc(OC)c(OC)c2)c(C)c1. The minimum absolute atomic E-state index is 0.110. The second kappa shape index (κ2) is 11.8. The van der Waals surface area contributed by atoms with Crippen LogP contribution in [0.15, 0.2) is 42.0 Å². The van der Waals surface area contributed by atoms with Gasteiger partial charge < -0.3 is 24.1 Å². The minimum Gasteiger partial charge on any atom is -0.507 e. The zero-order valence-electron chi connectivity index (χ0n) is 23.1. The van der Waals surface area contributed by atoms with Crippen LogP contribution in [-0.4, -0.2) is 55.7 Å².